The van der Waals surface area contributed by atoms with E-state index in [9.17, 15) is 5.11 Å². The molecule has 1 nitrogen and oxygen atoms in total. The first-order valence-corrected chi connectivity index (χ1v) is 4.06. The third kappa shape index (κ3) is 0.787. The molecule has 52 valence electrons. The monoisotopic (exact) mass is 126 g/mol. The average molecular weight is 126 g/mol. The summed E-state index contributed by atoms with van der Waals surface area (Å²) in [6.45, 7) is 0. The van der Waals surface area contributed by atoms with E-state index >= 15 is 0 Å². The molecule has 9 heavy (non-hydrogen) atoms. The molecule has 2 aliphatic carbocycles. The van der Waals surface area contributed by atoms with Crippen molar-refractivity contribution < 1.29 is 5.11 Å². The van der Waals surface area contributed by atoms with Gasteiger partial charge in [0, 0.05) is 0 Å². The van der Waals surface area contributed by atoms with Gasteiger partial charge in [-0.3, -0.25) is 0 Å². The van der Waals surface area contributed by atoms with Crippen LogP contribution >= 0.6 is 0 Å². The molecular weight excluding hydrogens is 112 g/mol. The fraction of sp³-hybridized carbons (Fsp3) is 1.00. The van der Waals surface area contributed by atoms with Gasteiger partial charge in [0.15, 0.2) is 0 Å². The number of rotatable bonds is 0. The predicted octanol–water partition coefficient (Wildman–Crippen LogP) is 1.56. The highest BCUT2D eigenvalue weighted by Crippen LogP contribution is 2.44. The summed E-state index contributed by atoms with van der Waals surface area (Å²) in [6.07, 6.45) is 6.48. The highest BCUT2D eigenvalue weighted by molar-refractivity contribution is 4.89. The minimum absolute atomic E-state index is 0.0671. The van der Waals surface area contributed by atoms with Gasteiger partial charge in [-0.15, -0.1) is 0 Å². The van der Waals surface area contributed by atoms with Gasteiger partial charge in [0.2, 0.25) is 0 Å². The zero-order valence-corrected chi connectivity index (χ0v) is 5.71. The molecule has 0 radical (unpaired) electrons. The number of fused-ring (bicyclic) bond motifs is 1. The van der Waals surface area contributed by atoms with E-state index in [0.29, 0.717) is 5.92 Å². The van der Waals surface area contributed by atoms with Crippen LogP contribution in [0.4, 0.5) is 0 Å². The maximum Gasteiger partial charge on any atom is 0.0571 e. The second kappa shape index (κ2) is 1.98. The van der Waals surface area contributed by atoms with Crippen LogP contribution in [-0.4, -0.2) is 11.2 Å². The van der Waals surface area contributed by atoms with Crippen LogP contribution in [0.15, 0.2) is 0 Å². The number of aliphatic hydroxyl groups excluding tert-OH is 1. The molecule has 2 saturated carbocycles. The van der Waals surface area contributed by atoms with Crippen LogP contribution in [-0.2, 0) is 0 Å². The van der Waals surface area contributed by atoms with Gasteiger partial charge in [-0.2, -0.15) is 0 Å². The molecule has 0 amide bonds. The highest BCUT2D eigenvalue weighted by Gasteiger charge is 2.38. The summed E-state index contributed by atoms with van der Waals surface area (Å²) < 4.78 is 0. The Morgan fingerprint density at radius 3 is 2.33 bits per heavy atom. The number of hydrogen-bond donors (Lipinski definition) is 1. The summed E-state index contributed by atoms with van der Waals surface area (Å²) in [5.41, 5.74) is 0. The van der Waals surface area contributed by atoms with E-state index in [1.807, 2.05) is 0 Å². The molecule has 0 heterocycles. The summed E-state index contributed by atoms with van der Waals surface area (Å²) >= 11 is 0. The maximum absolute atomic E-state index is 9.40. The molecule has 1 N–H and O–H groups in total. The van der Waals surface area contributed by atoms with E-state index < -0.39 is 0 Å². The van der Waals surface area contributed by atoms with Gasteiger partial charge in [-0.05, 0) is 37.5 Å². The Bertz CT molecular complexity index is 105. The van der Waals surface area contributed by atoms with E-state index in [4.69, 9.17) is 0 Å². The predicted molar refractivity (Wildman–Crippen MR) is 36.1 cm³/mol. The molecular formula is C8H14O. The third-order valence-electron chi connectivity index (χ3n) is 3.05. The second-order valence-electron chi connectivity index (χ2n) is 3.50. The van der Waals surface area contributed by atoms with Gasteiger partial charge < -0.3 is 5.11 Å². The number of aliphatic hydroxyl groups is 1. The van der Waals surface area contributed by atoms with Gasteiger partial charge in [0.05, 0.1) is 6.10 Å². The van der Waals surface area contributed by atoms with Crippen molar-refractivity contribution in [3.05, 3.63) is 0 Å². The van der Waals surface area contributed by atoms with Crippen molar-refractivity contribution >= 4 is 0 Å². The molecule has 0 spiro atoms. The Morgan fingerprint density at radius 2 is 1.89 bits per heavy atom. The fourth-order valence-electron chi connectivity index (χ4n) is 2.26. The standard InChI is InChI=1S/C8H14O/c9-8-3-1-2-6-4-5-7(6)8/h6-9H,1-5H2/t6-,7+,8-/m1/s1. The van der Waals surface area contributed by atoms with E-state index in [0.717, 1.165) is 12.3 Å². The molecule has 3 atom stereocenters. The summed E-state index contributed by atoms with van der Waals surface area (Å²) in [5.74, 6) is 1.62. The maximum atomic E-state index is 9.40. The van der Waals surface area contributed by atoms with E-state index in [1.165, 1.54) is 25.7 Å². The lowest BCUT2D eigenvalue weighted by Gasteiger charge is -2.43. The van der Waals surface area contributed by atoms with Crippen molar-refractivity contribution in [1.82, 2.24) is 0 Å². The number of hydrogen-bond acceptors (Lipinski definition) is 1. The average Bonchev–Trinajstić information content (AvgIpc) is 1.74. The van der Waals surface area contributed by atoms with Crippen LogP contribution in [0, 0.1) is 11.8 Å². The smallest absolute Gasteiger partial charge is 0.0571 e. The summed E-state index contributed by atoms with van der Waals surface area (Å²) in [6, 6.07) is 0. The largest absolute Gasteiger partial charge is 0.393 e. The molecule has 0 aromatic carbocycles. The third-order valence-corrected chi connectivity index (χ3v) is 3.05. The van der Waals surface area contributed by atoms with Crippen molar-refractivity contribution in [1.29, 1.82) is 0 Å². The van der Waals surface area contributed by atoms with E-state index in [2.05, 4.69) is 0 Å². The highest BCUT2D eigenvalue weighted by atomic mass is 16.3. The second-order valence-corrected chi connectivity index (χ2v) is 3.50. The molecule has 0 bridgehead atoms. The first kappa shape index (κ1) is 5.72. The van der Waals surface area contributed by atoms with Crippen molar-refractivity contribution in [3.63, 3.8) is 0 Å². The first-order chi connectivity index (χ1) is 4.38. The van der Waals surface area contributed by atoms with Crippen molar-refractivity contribution in [2.75, 3.05) is 0 Å². The van der Waals surface area contributed by atoms with Crippen LogP contribution < -0.4 is 0 Å². The molecule has 1 heteroatoms. The van der Waals surface area contributed by atoms with Gasteiger partial charge in [-0.1, -0.05) is 6.42 Å². The SMILES string of the molecule is O[C@@H]1CCC[C@@H]2CC[C@@H]21. The van der Waals surface area contributed by atoms with E-state index in [1.54, 1.807) is 0 Å². The summed E-state index contributed by atoms with van der Waals surface area (Å²) in [5, 5.41) is 9.40. The Kier molecular flexibility index (Phi) is 1.26. The van der Waals surface area contributed by atoms with Gasteiger partial charge in [0.25, 0.3) is 0 Å². The van der Waals surface area contributed by atoms with Crippen LogP contribution in [0.2, 0.25) is 0 Å². The van der Waals surface area contributed by atoms with Crippen LogP contribution in [0.3, 0.4) is 0 Å². The van der Waals surface area contributed by atoms with Gasteiger partial charge in [-0.25, -0.2) is 0 Å². The Hall–Kier alpha value is -0.0400. The molecule has 2 fully saturated rings. The van der Waals surface area contributed by atoms with E-state index in [-0.39, 0.29) is 6.10 Å². The van der Waals surface area contributed by atoms with Crippen LogP contribution in [0.25, 0.3) is 0 Å². The molecule has 2 aliphatic rings. The molecule has 0 aromatic heterocycles. The Morgan fingerprint density at radius 1 is 1.00 bits per heavy atom. The lowest BCUT2D eigenvalue weighted by molar-refractivity contribution is -0.0239. The fourth-order valence-corrected chi connectivity index (χ4v) is 2.26. The Balaban J connectivity index is 1.98. The van der Waals surface area contributed by atoms with Crippen molar-refractivity contribution in [2.45, 2.75) is 38.2 Å². The zero-order chi connectivity index (χ0) is 6.27. The van der Waals surface area contributed by atoms with Crippen LogP contribution in [0.1, 0.15) is 32.1 Å². The molecule has 0 aliphatic heterocycles. The molecule has 0 saturated heterocycles. The lowest BCUT2D eigenvalue weighted by atomic mass is 9.64. The molecule has 0 unspecified atom stereocenters. The quantitative estimate of drug-likeness (QED) is 0.522. The minimum atomic E-state index is 0.0671. The van der Waals surface area contributed by atoms with Gasteiger partial charge in [0.1, 0.15) is 0 Å². The topological polar surface area (TPSA) is 20.2 Å². The molecule has 2 rings (SSSR count). The summed E-state index contributed by atoms with van der Waals surface area (Å²) in [4.78, 5) is 0. The Labute approximate surface area is 56.1 Å². The lowest BCUT2D eigenvalue weighted by Crippen LogP contribution is -2.39. The normalized spacial score (nSPS) is 49.7. The van der Waals surface area contributed by atoms with Crippen molar-refractivity contribution in [2.24, 2.45) is 11.8 Å². The zero-order valence-electron chi connectivity index (χ0n) is 5.71. The molecule has 0 aromatic rings. The first-order valence-electron chi connectivity index (χ1n) is 4.06. The minimum Gasteiger partial charge on any atom is -0.393 e. The van der Waals surface area contributed by atoms with Gasteiger partial charge >= 0.3 is 0 Å². The van der Waals surface area contributed by atoms with Crippen molar-refractivity contribution in [3.8, 4) is 0 Å². The van der Waals surface area contributed by atoms with Crippen LogP contribution in [0.5, 0.6) is 0 Å². The summed E-state index contributed by atoms with van der Waals surface area (Å²) in [7, 11) is 0.